The van der Waals surface area contributed by atoms with Crippen LogP contribution in [0.3, 0.4) is 0 Å². The molecule has 2 aliphatic carbocycles. The Hall–Kier alpha value is -2.86. The molecule has 0 aromatic heterocycles. The van der Waals surface area contributed by atoms with Gasteiger partial charge in [-0.3, -0.25) is 9.59 Å². The standard InChI is InChI=1S/C26H29NO9/c1-11-25(34-2)15(27)7-17(35-11)36-16-9-26(33,10-28)8-14-18(16)24(32)20-19(23(14)31)21(29)12-5-3-4-6-13(12)22(20)30/h3-6,11,15-17,25,28,31-33H,7-10,27H2,1-2H3/t11-,15-,16-,17-,25+,26-/m0/s1. The monoisotopic (exact) mass is 499 g/mol. The van der Waals surface area contributed by atoms with E-state index < -0.39 is 59.8 Å². The molecule has 0 saturated carbocycles. The lowest BCUT2D eigenvalue weighted by Crippen LogP contribution is -2.53. The number of fused-ring (bicyclic) bond motifs is 3. The zero-order valence-electron chi connectivity index (χ0n) is 19.9. The largest absolute Gasteiger partial charge is 0.507 e. The summed E-state index contributed by atoms with van der Waals surface area (Å²) in [6.07, 6.45) is -2.87. The Bertz CT molecular complexity index is 1230. The molecule has 1 saturated heterocycles. The van der Waals surface area contributed by atoms with Gasteiger partial charge in [0.2, 0.25) is 0 Å². The average molecular weight is 500 g/mol. The van der Waals surface area contributed by atoms with Gasteiger partial charge in [-0.15, -0.1) is 0 Å². The number of aliphatic hydroxyl groups excluding tert-OH is 1. The van der Waals surface area contributed by atoms with Crippen LogP contribution >= 0.6 is 0 Å². The number of methoxy groups -OCH3 is 1. The topological polar surface area (TPSA) is 169 Å². The summed E-state index contributed by atoms with van der Waals surface area (Å²) < 4.78 is 17.4. The molecule has 10 nitrogen and oxygen atoms in total. The second kappa shape index (κ2) is 8.91. The third kappa shape index (κ3) is 3.73. The summed E-state index contributed by atoms with van der Waals surface area (Å²) >= 11 is 0. The minimum absolute atomic E-state index is 0.0301. The first-order chi connectivity index (χ1) is 17.1. The maximum absolute atomic E-state index is 13.3. The quantitative estimate of drug-likeness (QED) is 0.327. The van der Waals surface area contributed by atoms with E-state index in [0.717, 1.165) is 0 Å². The van der Waals surface area contributed by atoms with E-state index in [1.54, 1.807) is 19.1 Å². The van der Waals surface area contributed by atoms with Crippen molar-refractivity contribution in [3.8, 4) is 11.5 Å². The maximum atomic E-state index is 13.3. The highest BCUT2D eigenvalue weighted by atomic mass is 16.7. The van der Waals surface area contributed by atoms with Crippen LogP contribution in [0.15, 0.2) is 24.3 Å². The van der Waals surface area contributed by atoms with Crippen molar-refractivity contribution in [1.82, 2.24) is 0 Å². The van der Waals surface area contributed by atoms with Gasteiger partial charge in [-0.2, -0.15) is 0 Å². The molecular weight excluding hydrogens is 470 g/mol. The molecule has 0 bridgehead atoms. The van der Waals surface area contributed by atoms with E-state index >= 15 is 0 Å². The first-order valence-corrected chi connectivity index (χ1v) is 11.8. The van der Waals surface area contributed by atoms with Gasteiger partial charge in [-0.05, 0) is 6.92 Å². The predicted molar refractivity (Wildman–Crippen MR) is 125 cm³/mol. The van der Waals surface area contributed by atoms with Gasteiger partial charge in [-0.1, -0.05) is 24.3 Å². The predicted octanol–water partition coefficient (Wildman–Crippen LogP) is 1.08. The van der Waals surface area contributed by atoms with Crippen LogP contribution in [0.25, 0.3) is 0 Å². The second-order valence-electron chi connectivity index (χ2n) is 9.80. The van der Waals surface area contributed by atoms with Crippen LogP contribution in [-0.2, 0) is 20.6 Å². The van der Waals surface area contributed by atoms with Crippen molar-refractivity contribution in [2.75, 3.05) is 13.7 Å². The van der Waals surface area contributed by atoms with Gasteiger partial charge in [-0.25, -0.2) is 0 Å². The molecule has 0 unspecified atom stereocenters. The highest BCUT2D eigenvalue weighted by Crippen LogP contribution is 2.51. The number of phenols is 2. The highest BCUT2D eigenvalue weighted by molar-refractivity contribution is 6.30. The number of hydrogen-bond acceptors (Lipinski definition) is 10. The molecule has 0 amide bonds. The summed E-state index contributed by atoms with van der Waals surface area (Å²) in [6, 6.07) is 5.75. The lowest BCUT2D eigenvalue weighted by atomic mass is 9.73. The normalized spacial score (nSPS) is 31.5. The fraction of sp³-hybridized carbons (Fsp3) is 0.462. The van der Waals surface area contributed by atoms with E-state index in [0.29, 0.717) is 0 Å². The summed E-state index contributed by atoms with van der Waals surface area (Å²) in [5.41, 5.74) is 4.20. The van der Waals surface area contributed by atoms with Gasteiger partial charge in [0.25, 0.3) is 0 Å². The highest BCUT2D eigenvalue weighted by Gasteiger charge is 2.47. The van der Waals surface area contributed by atoms with Crippen LogP contribution < -0.4 is 5.73 Å². The molecule has 1 heterocycles. The Kier molecular flexibility index (Phi) is 6.14. The number of ketones is 2. The van der Waals surface area contributed by atoms with E-state index in [-0.39, 0.29) is 58.7 Å². The Morgan fingerprint density at radius 2 is 1.72 bits per heavy atom. The number of hydrogen-bond donors (Lipinski definition) is 5. The van der Waals surface area contributed by atoms with Crippen LogP contribution in [0.2, 0.25) is 0 Å². The fourth-order valence-electron chi connectivity index (χ4n) is 5.71. The second-order valence-corrected chi connectivity index (χ2v) is 9.80. The molecule has 192 valence electrons. The van der Waals surface area contributed by atoms with Crippen LogP contribution in [0.5, 0.6) is 11.5 Å². The van der Waals surface area contributed by atoms with Gasteiger partial charge in [0.15, 0.2) is 17.9 Å². The Balaban J connectivity index is 1.62. The summed E-state index contributed by atoms with van der Waals surface area (Å²) in [5.74, 6) is -2.25. The van der Waals surface area contributed by atoms with Crippen LogP contribution in [0, 0.1) is 0 Å². The first kappa shape index (κ1) is 24.8. The Morgan fingerprint density at radius 1 is 1.11 bits per heavy atom. The van der Waals surface area contributed by atoms with E-state index in [1.807, 2.05) is 0 Å². The first-order valence-electron chi connectivity index (χ1n) is 11.8. The van der Waals surface area contributed by atoms with E-state index in [2.05, 4.69) is 0 Å². The number of ether oxygens (including phenoxy) is 3. The van der Waals surface area contributed by atoms with E-state index in [4.69, 9.17) is 19.9 Å². The summed E-state index contributed by atoms with van der Waals surface area (Å²) in [7, 11) is 1.53. The van der Waals surface area contributed by atoms with Crippen molar-refractivity contribution in [2.24, 2.45) is 5.73 Å². The zero-order chi connectivity index (χ0) is 25.9. The Morgan fingerprint density at radius 3 is 2.28 bits per heavy atom. The molecular formula is C26H29NO9. The third-order valence-electron chi connectivity index (χ3n) is 7.45. The van der Waals surface area contributed by atoms with Crippen molar-refractivity contribution >= 4 is 11.6 Å². The molecule has 0 spiro atoms. The van der Waals surface area contributed by atoms with Gasteiger partial charge >= 0.3 is 0 Å². The number of nitrogens with two attached hydrogens (primary N) is 1. The van der Waals surface area contributed by atoms with Crippen LogP contribution in [0.4, 0.5) is 0 Å². The SMILES string of the molecule is CO[C@@H]1[C@H](C)O[C@@H](O[C@H]2C[C@](O)(CO)Cc3c(O)c4c(c(O)c32)C(=O)c2ccccc2C4=O)C[C@@H]1N. The molecule has 3 aliphatic rings. The van der Waals surface area contributed by atoms with Crippen molar-refractivity contribution < 1.29 is 44.2 Å². The minimum Gasteiger partial charge on any atom is -0.507 e. The van der Waals surface area contributed by atoms with E-state index in [9.17, 15) is 30.0 Å². The van der Waals surface area contributed by atoms with Gasteiger partial charge in [0.1, 0.15) is 11.5 Å². The summed E-state index contributed by atoms with van der Waals surface area (Å²) in [6.45, 7) is 1.12. The van der Waals surface area contributed by atoms with Gasteiger partial charge < -0.3 is 40.4 Å². The molecule has 2 aromatic carbocycles. The number of phenolic OH excluding ortho intramolecular Hbond substituents is 2. The molecule has 6 N–H and O–H groups in total. The molecule has 10 heteroatoms. The van der Waals surface area contributed by atoms with Crippen molar-refractivity contribution in [3.05, 3.63) is 57.6 Å². The smallest absolute Gasteiger partial charge is 0.198 e. The molecule has 36 heavy (non-hydrogen) atoms. The number of carbonyl (C=O) groups excluding carboxylic acids is 2. The molecule has 1 fully saturated rings. The maximum Gasteiger partial charge on any atom is 0.198 e. The number of rotatable bonds is 4. The van der Waals surface area contributed by atoms with Gasteiger partial charge in [0.05, 0.1) is 41.6 Å². The van der Waals surface area contributed by atoms with Crippen LogP contribution in [-0.4, -0.2) is 75.9 Å². The molecule has 1 aliphatic heterocycles. The number of benzene rings is 2. The van der Waals surface area contributed by atoms with Gasteiger partial charge in [0, 0.05) is 54.7 Å². The fourth-order valence-corrected chi connectivity index (χ4v) is 5.71. The summed E-state index contributed by atoms with van der Waals surface area (Å²) in [4.78, 5) is 26.6. The Labute approximate surface area is 207 Å². The van der Waals surface area contributed by atoms with Crippen molar-refractivity contribution in [2.45, 2.75) is 62.4 Å². The lowest BCUT2D eigenvalue weighted by molar-refractivity contribution is -0.251. The molecule has 5 rings (SSSR count). The zero-order valence-corrected chi connectivity index (χ0v) is 19.9. The lowest BCUT2D eigenvalue weighted by Gasteiger charge is -2.43. The average Bonchev–Trinajstić information content (AvgIpc) is 2.84. The molecule has 2 aromatic rings. The summed E-state index contributed by atoms with van der Waals surface area (Å²) in [5, 5.41) is 43.6. The van der Waals surface area contributed by atoms with E-state index in [1.165, 1.54) is 19.2 Å². The van der Waals surface area contributed by atoms with Crippen molar-refractivity contribution in [3.63, 3.8) is 0 Å². The third-order valence-corrected chi connectivity index (χ3v) is 7.45. The minimum atomic E-state index is -1.72. The number of carbonyl (C=O) groups is 2. The number of aromatic hydroxyl groups is 2. The van der Waals surface area contributed by atoms with Crippen molar-refractivity contribution in [1.29, 1.82) is 0 Å². The van der Waals surface area contributed by atoms with Crippen LogP contribution in [0.1, 0.15) is 68.8 Å². The molecule has 6 atom stereocenters. The number of aliphatic hydroxyl groups is 2. The molecule has 0 radical (unpaired) electrons.